The topological polar surface area (TPSA) is 67.5 Å². The molecule has 2 rings (SSSR count). The molecule has 0 aliphatic heterocycles. The summed E-state index contributed by atoms with van der Waals surface area (Å²) < 4.78 is 2.04. The maximum Gasteiger partial charge on any atom is 0.338 e. The van der Waals surface area contributed by atoms with E-state index in [1.165, 1.54) is 16.9 Å². The highest BCUT2D eigenvalue weighted by Crippen LogP contribution is 2.10. The fourth-order valence-corrected chi connectivity index (χ4v) is 1.33. The SMILES string of the molecule is O=C(O)c1cnc2cc(Br)nn2c1. The Hall–Kier alpha value is -1.43. The first kappa shape index (κ1) is 8.18. The van der Waals surface area contributed by atoms with Gasteiger partial charge < -0.3 is 5.11 Å². The van der Waals surface area contributed by atoms with Gasteiger partial charge in [0.25, 0.3) is 0 Å². The first-order chi connectivity index (χ1) is 6.16. The number of fused-ring (bicyclic) bond motifs is 1. The van der Waals surface area contributed by atoms with Gasteiger partial charge in [-0.25, -0.2) is 14.3 Å². The molecule has 0 aromatic carbocycles. The van der Waals surface area contributed by atoms with Crippen LogP contribution in [0.3, 0.4) is 0 Å². The molecular weight excluding hydrogens is 238 g/mol. The standard InChI is InChI=1S/C7H4BrN3O2/c8-5-1-6-9-2-4(7(12)13)3-11(6)10-5/h1-3H,(H,12,13). The third kappa shape index (κ3) is 1.40. The number of aromatic carboxylic acids is 1. The van der Waals surface area contributed by atoms with Crippen LogP contribution in [0.4, 0.5) is 0 Å². The van der Waals surface area contributed by atoms with E-state index in [4.69, 9.17) is 5.11 Å². The summed E-state index contributed by atoms with van der Waals surface area (Å²) in [5.41, 5.74) is 0.722. The van der Waals surface area contributed by atoms with Crippen molar-refractivity contribution in [2.45, 2.75) is 0 Å². The first-order valence-corrected chi connectivity index (χ1v) is 4.20. The Kier molecular flexibility index (Phi) is 1.77. The Balaban J connectivity index is 2.67. The van der Waals surface area contributed by atoms with Gasteiger partial charge in [0.2, 0.25) is 0 Å². The average Bonchev–Trinajstić information content (AvgIpc) is 2.42. The highest BCUT2D eigenvalue weighted by molar-refractivity contribution is 9.10. The largest absolute Gasteiger partial charge is 0.478 e. The zero-order valence-electron chi connectivity index (χ0n) is 6.31. The molecular formula is C7H4BrN3O2. The van der Waals surface area contributed by atoms with E-state index in [0.29, 0.717) is 10.3 Å². The van der Waals surface area contributed by atoms with Crippen LogP contribution < -0.4 is 0 Å². The van der Waals surface area contributed by atoms with Crippen LogP contribution in [-0.4, -0.2) is 25.7 Å². The van der Waals surface area contributed by atoms with Crippen molar-refractivity contribution in [1.29, 1.82) is 0 Å². The number of hydrogen-bond donors (Lipinski definition) is 1. The molecule has 1 N–H and O–H groups in total. The fraction of sp³-hybridized carbons (Fsp3) is 0. The van der Waals surface area contributed by atoms with Gasteiger partial charge in [0, 0.05) is 18.5 Å². The van der Waals surface area contributed by atoms with Gasteiger partial charge in [0.05, 0.1) is 5.56 Å². The van der Waals surface area contributed by atoms with Crippen LogP contribution in [0.25, 0.3) is 5.65 Å². The lowest BCUT2D eigenvalue weighted by Gasteiger charge is -1.93. The summed E-state index contributed by atoms with van der Waals surface area (Å²) >= 11 is 3.17. The Morgan fingerprint density at radius 1 is 1.62 bits per heavy atom. The van der Waals surface area contributed by atoms with Crippen LogP contribution in [0.2, 0.25) is 0 Å². The molecule has 0 bridgehead atoms. The molecule has 0 unspecified atom stereocenters. The normalized spacial score (nSPS) is 10.5. The number of carboxylic acids is 1. The van der Waals surface area contributed by atoms with Gasteiger partial charge in [0.15, 0.2) is 5.65 Å². The van der Waals surface area contributed by atoms with Crippen molar-refractivity contribution in [2.24, 2.45) is 0 Å². The van der Waals surface area contributed by atoms with Crippen molar-refractivity contribution in [2.75, 3.05) is 0 Å². The monoisotopic (exact) mass is 241 g/mol. The Bertz CT molecular complexity index is 480. The second kappa shape index (κ2) is 2.81. The Labute approximate surface area is 81.1 Å². The summed E-state index contributed by atoms with van der Waals surface area (Å²) in [6.07, 6.45) is 2.71. The molecule has 0 aliphatic rings. The summed E-state index contributed by atoms with van der Waals surface area (Å²) in [6.45, 7) is 0. The number of halogens is 1. The molecule has 0 saturated carbocycles. The molecule has 2 heterocycles. The Morgan fingerprint density at radius 3 is 3.08 bits per heavy atom. The van der Waals surface area contributed by atoms with Crippen LogP contribution in [0.1, 0.15) is 10.4 Å². The van der Waals surface area contributed by atoms with Crippen molar-refractivity contribution >= 4 is 27.5 Å². The minimum absolute atomic E-state index is 0.114. The van der Waals surface area contributed by atoms with Crippen LogP contribution in [0, 0.1) is 0 Å². The van der Waals surface area contributed by atoms with E-state index in [1.54, 1.807) is 6.07 Å². The average molecular weight is 242 g/mol. The molecule has 0 radical (unpaired) electrons. The predicted octanol–water partition coefficient (Wildman–Crippen LogP) is 1.19. The summed E-state index contributed by atoms with van der Waals surface area (Å²) in [7, 11) is 0. The molecule has 0 saturated heterocycles. The molecule has 6 heteroatoms. The molecule has 0 amide bonds. The summed E-state index contributed by atoms with van der Waals surface area (Å²) in [6, 6.07) is 1.70. The number of aromatic nitrogens is 3. The van der Waals surface area contributed by atoms with Crippen LogP contribution in [-0.2, 0) is 0 Å². The van der Waals surface area contributed by atoms with E-state index >= 15 is 0 Å². The molecule has 66 valence electrons. The van der Waals surface area contributed by atoms with Gasteiger partial charge in [-0.1, -0.05) is 0 Å². The summed E-state index contributed by atoms with van der Waals surface area (Å²) in [4.78, 5) is 14.5. The van der Waals surface area contributed by atoms with Gasteiger partial charge in [-0.3, -0.25) is 0 Å². The second-order valence-corrected chi connectivity index (χ2v) is 3.23. The number of carboxylic acid groups (broad SMARTS) is 1. The lowest BCUT2D eigenvalue weighted by molar-refractivity contribution is 0.0695. The van der Waals surface area contributed by atoms with E-state index in [2.05, 4.69) is 26.0 Å². The van der Waals surface area contributed by atoms with E-state index in [-0.39, 0.29) is 5.56 Å². The first-order valence-electron chi connectivity index (χ1n) is 3.41. The summed E-state index contributed by atoms with van der Waals surface area (Å²) in [5, 5.41) is 12.6. The van der Waals surface area contributed by atoms with Gasteiger partial charge in [0.1, 0.15) is 4.60 Å². The molecule has 5 nitrogen and oxygen atoms in total. The zero-order chi connectivity index (χ0) is 9.42. The maximum atomic E-state index is 10.6. The van der Waals surface area contributed by atoms with Crippen LogP contribution in [0.5, 0.6) is 0 Å². The van der Waals surface area contributed by atoms with Crippen molar-refractivity contribution in [3.8, 4) is 0 Å². The Morgan fingerprint density at radius 2 is 2.38 bits per heavy atom. The van der Waals surface area contributed by atoms with Gasteiger partial charge in [-0.05, 0) is 15.9 Å². The second-order valence-electron chi connectivity index (χ2n) is 2.42. The molecule has 2 aromatic heterocycles. The highest BCUT2D eigenvalue weighted by atomic mass is 79.9. The van der Waals surface area contributed by atoms with Crippen molar-refractivity contribution in [3.05, 3.63) is 28.6 Å². The quantitative estimate of drug-likeness (QED) is 0.815. The molecule has 0 aliphatic carbocycles. The van der Waals surface area contributed by atoms with Gasteiger partial charge >= 0.3 is 5.97 Å². The van der Waals surface area contributed by atoms with Crippen LogP contribution >= 0.6 is 15.9 Å². The van der Waals surface area contributed by atoms with E-state index < -0.39 is 5.97 Å². The molecule has 2 aromatic rings. The van der Waals surface area contributed by atoms with Gasteiger partial charge in [-0.15, -0.1) is 0 Å². The smallest absolute Gasteiger partial charge is 0.338 e. The lowest BCUT2D eigenvalue weighted by Crippen LogP contribution is -2.00. The third-order valence-electron chi connectivity index (χ3n) is 1.53. The van der Waals surface area contributed by atoms with E-state index in [1.807, 2.05) is 0 Å². The number of rotatable bonds is 1. The van der Waals surface area contributed by atoms with Gasteiger partial charge in [-0.2, -0.15) is 5.10 Å². The van der Waals surface area contributed by atoms with Crippen molar-refractivity contribution in [3.63, 3.8) is 0 Å². The van der Waals surface area contributed by atoms with Crippen molar-refractivity contribution < 1.29 is 9.90 Å². The van der Waals surface area contributed by atoms with E-state index in [0.717, 1.165) is 0 Å². The minimum Gasteiger partial charge on any atom is -0.478 e. The summed E-state index contributed by atoms with van der Waals surface area (Å²) in [5.74, 6) is -1.01. The minimum atomic E-state index is -1.01. The lowest BCUT2D eigenvalue weighted by atomic mass is 10.3. The maximum absolute atomic E-state index is 10.6. The molecule has 13 heavy (non-hydrogen) atoms. The third-order valence-corrected chi connectivity index (χ3v) is 1.92. The molecule has 0 atom stereocenters. The van der Waals surface area contributed by atoms with Crippen LogP contribution in [0.15, 0.2) is 23.1 Å². The highest BCUT2D eigenvalue weighted by Gasteiger charge is 2.05. The number of carbonyl (C=O) groups is 1. The predicted molar refractivity (Wildman–Crippen MR) is 47.6 cm³/mol. The number of hydrogen-bond acceptors (Lipinski definition) is 3. The molecule has 0 spiro atoms. The fourth-order valence-electron chi connectivity index (χ4n) is 0.958. The van der Waals surface area contributed by atoms with Crippen molar-refractivity contribution in [1.82, 2.24) is 14.6 Å². The zero-order valence-corrected chi connectivity index (χ0v) is 7.89. The number of nitrogens with zero attached hydrogens (tertiary/aromatic N) is 3. The molecule has 0 fully saturated rings. The van der Waals surface area contributed by atoms with E-state index in [9.17, 15) is 4.79 Å².